The second kappa shape index (κ2) is 48.3. The van der Waals surface area contributed by atoms with Gasteiger partial charge >= 0.3 is 23.9 Å². The van der Waals surface area contributed by atoms with Gasteiger partial charge in [0.1, 0.15) is 0 Å². The molecular formula is C40H72O8Sn. The van der Waals surface area contributed by atoms with Crippen LogP contribution >= 0.6 is 0 Å². The van der Waals surface area contributed by atoms with Crippen LogP contribution < -0.4 is 0 Å². The summed E-state index contributed by atoms with van der Waals surface area (Å²) in [7, 11) is 0. The van der Waals surface area contributed by atoms with Gasteiger partial charge in [0.2, 0.25) is 0 Å². The van der Waals surface area contributed by atoms with Gasteiger partial charge in [0.25, 0.3) is 0 Å². The van der Waals surface area contributed by atoms with Gasteiger partial charge in [-0.3, -0.25) is 0 Å². The zero-order valence-corrected chi connectivity index (χ0v) is 35.1. The smallest absolute Gasteiger partial charge is 0.379 e. The van der Waals surface area contributed by atoms with Gasteiger partial charge in [-0.25, -0.2) is 29.4 Å². The average molecular weight is 800 g/mol. The van der Waals surface area contributed by atoms with E-state index in [-0.39, 0.29) is 23.9 Å². The van der Waals surface area contributed by atoms with Crippen LogP contribution in [0.5, 0.6) is 0 Å². The molecule has 0 heterocycles. The van der Waals surface area contributed by atoms with E-state index in [0.717, 1.165) is 76.4 Å². The zero-order chi connectivity index (χ0) is 37.3. The molecule has 2 unspecified atom stereocenters. The third-order valence-corrected chi connectivity index (χ3v) is 7.43. The van der Waals surface area contributed by atoms with Crippen molar-refractivity contribution in [3.05, 3.63) is 38.2 Å². The summed E-state index contributed by atoms with van der Waals surface area (Å²) >= 11 is 0. The first kappa shape index (κ1) is 56.5. The van der Waals surface area contributed by atoms with Crippen LogP contribution in [0.2, 0.25) is 0 Å². The first-order valence-corrected chi connectivity index (χ1v) is 18.7. The van der Waals surface area contributed by atoms with Gasteiger partial charge < -0.3 is 9.47 Å². The van der Waals surface area contributed by atoms with Gasteiger partial charge in [-0.15, -0.1) is 0 Å². The Kier molecular flexibility index (Phi) is 55.7. The molecule has 0 saturated carbocycles. The minimum absolute atomic E-state index is 0. The molecule has 0 rings (SSSR count). The molecular weight excluding hydrogens is 727 g/mol. The number of carbonyl (C=O) groups is 4. The maximum absolute atomic E-state index is 11.0. The van der Waals surface area contributed by atoms with Gasteiger partial charge in [0.05, 0.1) is 13.2 Å². The Morgan fingerprint density at radius 1 is 0.490 bits per heavy atom. The van der Waals surface area contributed by atoms with E-state index in [1.165, 1.54) is 64.2 Å². The summed E-state index contributed by atoms with van der Waals surface area (Å²) in [6.07, 6.45) is 27.5. The Labute approximate surface area is 318 Å². The van der Waals surface area contributed by atoms with Crippen LogP contribution in [-0.2, 0) is 38.9 Å². The van der Waals surface area contributed by atoms with Crippen LogP contribution in [-0.4, -0.2) is 61.0 Å². The predicted octanol–water partition coefficient (Wildman–Crippen LogP) is 10.5. The molecule has 0 fully saturated rings. The van der Waals surface area contributed by atoms with Crippen molar-refractivity contribution in [1.82, 2.24) is 0 Å². The van der Waals surface area contributed by atoms with Crippen molar-refractivity contribution in [3.8, 4) is 0 Å². The maximum Gasteiger partial charge on any atom is 0.379 e. The molecule has 2 atom stereocenters. The molecule has 0 aliphatic rings. The summed E-state index contributed by atoms with van der Waals surface area (Å²) < 4.78 is 9.85. The summed E-state index contributed by atoms with van der Waals surface area (Å²) in [5.41, 5.74) is 0. The summed E-state index contributed by atoms with van der Waals surface area (Å²) in [4.78, 5) is 42.2. The molecule has 284 valence electrons. The number of esters is 2. The fraction of sp³-hybridized carbons (Fsp3) is 0.750. The molecule has 0 aliphatic carbocycles. The molecule has 9 heteroatoms. The second-order valence-electron chi connectivity index (χ2n) is 11.9. The summed E-state index contributed by atoms with van der Waals surface area (Å²) in [5, 5.41) is 20.1. The molecule has 8 radical (unpaired) electrons. The van der Waals surface area contributed by atoms with E-state index in [2.05, 4.69) is 41.5 Å². The monoisotopic (exact) mass is 800 g/mol. The van der Waals surface area contributed by atoms with E-state index >= 15 is 0 Å². The van der Waals surface area contributed by atoms with Crippen LogP contribution in [0.25, 0.3) is 0 Å². The van der Waals surface area contributed by atoms with Crippen molar-refractivity contribution < 1.29 is 38.9 Å². The van der Waals surface area contributed by atoms with Crippen molar-refractivity contribution in [3.63, 3.8) is 0 Å². The predicted molar refractivity (Wildman–Crippen MR) is 201 cm³/mol. The second-order valence-corrected chi connectivity index (χ2v) is 11.9. The number of rotatable bonds is 26. The van der Waals surface area contributed by atoms with E-state index in [9.17, 15) is 29.4 Å². The number of ether oxygens (including phenoxy) is 2. The normalized spacial score (nSPS) is 11.4. The molecule has 0 aromatic carbocycles. The Balaban J connectivity index is -0.000000183. The van der Waals surface area contributed by atoms with Crippen LogP contribution in [0.1, 0.15) is 170 Å². The van der Waals surface area contributed by atoms with E-state index in [1.807, 2.05) is 13.8 Å². The van der Waals surface area contributed by atoms with Crippen molar-refractivity contribution in [1.29, 1.82) is 0 Å². The molecule has 8 nitrogen and oxygen atoms in total. The number of hydrogen-bond acceptors (Lipinski definition) is 6. The standard InChI is InChI=1S/2C12H19O4.2C8H17.Sn/c2*1-3-5-6-10(4-2)9-16-12(15)8-7-11(13)14;2*1-3-5-7-8-6-4-2;/h2*7-8,10H,3-6,9H2,1-2H3;2*1,3-8H2,2H3;/b2*8-7+;;;. The van der Waals surface area contributed by atoms with Crippen LogP contribution in [0.4, 0.5) is 0 Å². The summed E-state index contributed by atoms with van der Waals surface area (Å²) in [5.74, 6) is -3.32. The van der Waals surface area contributed by atoms with Crippen molar-refractivity contribution in [2.24, 2.45) is 11.8 Å². The Morgan fingerprint density at radius 2 is 0.796 bits per heavy atom. The molecule has 0 spiro atoms. The SMILES string of the molecule is CCCCC(CC)COC(=O)/C=C/C([O])=O.CCCCC(CC)COC(=O)/C=C/C([O])=O.[CH2]CCCCCCC.[CH2]CCCCCCC.[Sn]. The van der Waals surface area contributed by atoms with Crippen molar-refractivity contribution in [2.75, 3.05) is 13.2 Å². The summed E-state index contributed by atoms with van der Waals surface area (Å²) in [6, 6.07) is 0. The minimum Gasteiger partial charge on any atom is -0.462 e. The Hall–Kier alpha value is -1.84. The molecule has 0 aromatic heterocycles. The van der Waals surface area contributed by atoms with Gasteiger partial charge in [0, 0.05) is 48.2 Å². The van der Waals surface area contributed by atoms with Crippen molar-refractivity contribution in [2.45, 2.75) is 170 Å². The van der Waals surface area contributed by atoms with Crippen LogP contribution in [0.15, 0.2) is 24.3 Å². The molecule has 0 aliphatic heterocycles. The number of hydrogen-bond donors (Lipinski definition) is 0. The average Bonchev–Trinajstić information content (AvgIpc) is 3.08. The third-order valence-electron chi connectivity index (χ3n) is 7.43. The number of unbranched alkanes of at least 4 members (excludes halogenated alkanes) is 12. The van der Waals surface area contributed by atoms with Gasteiger partial charge in [0.15, 0.2) is 0 Å². The van der Waals surface area contributed by atoms with E-state index in [0.29, 0.717) is 37.2 Å². The molecule has 0 bridgehead atoms. The Bertz CT molecular complexity index is 706. The first-order chi connectivity index (χ1) is 23.0. The quantitative estimate of drug-likeness (QED) is 0.0371. The number of carbonyl (C=O) groups excluding carboxylic acids is 4. The van der Waals surface area contributed by atoms with Crippen LogP contribution in [0.3, 0.4) is 0 Å². The first-order valence-electron chi connectivity index (χ1n) is 18.7. The Morgan fingerprint density at radius 3 is 1.04 bits per heavy atom. The van der Waals surface area contributed by atoms with E-state index in [4.69, 9.17) is 9.47 Å². The fourth-order valence-corrected chi connectivity index (χ4v) is 4.13. The zero-order valence-electron chi connectivity index (χ0n) is 32.2. The fourth-order valence-electron chi connectivity index (χ4n) is 4.13. The van der Waals surface area contributed by atoms with Gasteiger partial charge in [-0.1, -0.05) is 171 Å². The topological polar surface area (TPSA) is 127 Å². The molecule has 0 N–H and O–H groups in total. The molecule has 0 aromatic rings. The largest absolute Gasteiger partial charge is 0.462 e. The molecule has 0 amide bonds. The molecule has 0 saturated heterocycles. The molecule has 49 heavy (non-hydrogen) atoms. The maximum atomic E-state index is 11.0. The van der Waals surface area contributed by atoms with E-state index in [1.54, 1.807) is 0 Å². The van der Waals surface area contributed by atoms with Crippen molar-refractivity contribution >= 4 is 47.8 Å². The van der Waals surface area contributed by atoms with Gasteiger partial charge in [-0.05, 0) is 24.7 Å². The van der Waals surface area contributed by atoms with Crippen LogP contribution in [0, 0.1) is 25.7 Å². The summed E-state index contributed by atoms with van der Waals surface area (Å²) in [6.45, 7) is 21.1. The third kappa shape index (κ3) is 55.8. The van der Waals surface area contributed by atoms with E-state index < -0.39 is 23.9 Å². The minimum atomic E-state index is -1.39. The van der Waals surface area contributed by atoms with Gasteiger partial charge in [-0.2, -0.15) is 0 Å².